The van der Waals surface area contributed by atoms with E-state index < -0.39 is 11.8 Å². The molecule has 1 unspecified atom stereocenters. The molecule has 3 N–H and O–H groups in total. The van der Waals surface area contributed by atoms with E-state index in [0.717, 1.165) is 24.7 Å². The predicted octanol–water partition coefficient (Wildman–Crippen LogP) is 0.692. The number of carbonyl (C=O) groups is 1. The first-order valence-electron chi connectivity index (χ1n) is 7.56. The second-order valence-corrected chi connectivity index (χ2v) is 5.58. The maximum absolute atomic E-state index is 13.0. The zero-order valence-corrected chi connectivity index (χ0v) is 12.7. The Morgan fingerprint density at radius 2 is 2.30 bits per heavy atom. The van der Waals surface area contributed by atoms with Crippen LogP contribution in [0.15, 0.2) is 30.7 Å². The van der Waals surface area contributed by atoms with Crippen LogP contribution in [0.25, 0.3) is 5.82 Å². The van der Waals surface area contributed by atoms with Crippen molar-refractivity contribution in [2.24, 2.45) is 5.73 Å². The first-order chi connectivity index (χ1) is 11.1. The summed E-state index contributed by atoms with van der Waals surface area (Å²) in [4.78, 5) is 17.6. The number of nitrogens with zero attached hydrogens (tertiary/aromatic N) is 4. The van der Waals surface area contributed by atoms with Crippen LogP contribution in [0.5, 0.6) is 0 Å². The van der Waals surface area contributed by atoms with Crippen molar-refractivity contribution >= 4 is 6.03 Å². The fourth-order valence-corrected chi connectivity index (χ4v) is 2.78. The van der Waals surface area contributed by atoms with Crippen molar-refractivity contribution in [2.45, 2.75) is 18.9 Å². The number of carbonyl (C=O) groups excluding carboxylic acids is 1. The van der Waals surface area contributed by atoms with Crippen molar-refractivity contribution in [1.82, 2.24) is 25.0 Å². The highest BCUT2D eigenvalue weighted by Crippen LogP contribution is 2.13. The van der Waals surface area contributed by atoms with Crippen molar-refractivity contribution in [3.63, 3.8) is 0 Å². The molecule has 1 aliphatic rings. The third kappa shape index (κ3) is 3.65. The minimum atomic E-state index is -0.405. The number of pyridine rings is 1. The Morgan fingerprint density at radius 3 is 2.96 bits per heavy atom. The van der Waals surface area contributed by atoms with E-state index in [2.05, 4.69) is 15.4 Å². The molecule has 2 aromatic heterocycles. The van der Waals surface area contributed by atoms with E-state index in [1.807, 2.05) is 6.07 Å². The van der Waals surface area contributed by atoms with Crippen LogP contribution in [0.2, 0.25) is 0 Å². The van der Waals surface area contributed by atoms with Gasteiger partial charge in [0.1, 0.15) is 0 Å². The summed E-state index contributed by atoms with van der Waals surface area (Å²) >= 11 is 0. The lowest BCUT2D eigenvalue weighted by Gasteiger charge is -2.28. The first kappa shape index (κ1) is 15.4. The van der Waals surface area contributed by atoms with Gasteiger partial charge in [0.25, 0.3) is 0 Å². The van der Waals surface area contributed by atoms with Gasteiger partial charge in [-0.25, -0.2) is 18.9 Å². The zero-order chi connectivity index (χ0) is 16.2. The molecule has 8 heteroatoms. The minimum Gasteiger partial charge on any atom is -0.351 e. The Hall–Kier alpha value is -2.48. The summed E-state index contributed by atoms with van der Waals surface area (Å²) in [7, 11) is 0. The van der Waals surface area contributed by atoms with E-state index in [-0.39, 0.29) is 6.04 Å². The molecular formula is C15H19FN6O. The summed E-state index contributed by atoms with van der Waals surface area (Å²) in [5, 5.41) is 7.20. The molecule has 0 spiro atoms. The lowest BCUT2D eigenvalue weighted by atomic mass is 10.1. The monoisotopic (exact) mass is 318 g/mol. The van der Waals surface area contributed by atoms with Crippen LogP contribution in [0.1, 0.15) is 12.0 Å². The molecule has 122 valence electrons. The van der Waals surface area contributed by atoms with E-state index in [4.69, 9.17) is 5.73 Å². The molecule has 23 heavy (non-hydrogen) atoms. The first-order valence-corrected chi connectivity index (χ1v) is 7.56. The highest BCUT2D eigenvalue weighted by molar-refractivity contribution is 5.72. The Bertz CT molecular complexity index is 671. The van der Waals surface area contributed by atoms with Crippen molar-refractivity contribution in [1.29, 1.82) is 0 Å². The third-order valence-electron chi connectivity index (χ3n) is 3.92. The summed E-state index contributed by atoms with van der Waals surface area (Å²) < 4.78 is 14.4. The molecule has 0 aromatic carbocycles. The Kier molecular flexibility index (Phi) is 4.52. The van der Waals surface area contributed by atoms with Crippen molar-refractivity contribution < 1.29 is 9.18 Å². The number of nitrogens with one attached hydrogen (secondary N) is 1. The fourth-order valence-electron chi connectivity index (χ4n) is 2.78. The maximum atomic E-state index is 13.0. The molecule has 2 aromatic rings. The van der Waals surface area contributed by atoms with Crippen molar-refractivity contribution in [3.8, 4) is 5.82 Å². The van der Waals surface area contributed by atoms with Crippen LogP contribution >= 0.6 is 0 Å². The lowest BCUT2D eigenvalue weighted by Crippen LogP contribution is -2.47. The topological polar surface area (TPSA) is 89.1 Å². The van der Waals surface area contributed by atoms with Gasteiger partial charge < -0.3 is 16.0 Å². The molecule has 1 saturated heterocycles. The number of hydrogen-bond donors (Lipinski definition) is 2. The SMILES string of the molecule is NC(=O)N1CCCNCC1Cc1ccc(-n2cc(F)cn2)nc1. The van der Waals surface area contributed by atoms with Gasteiger partial charge in [-0.05, 0) is 31.0 Å². The number of urea groups is 1. The Balaban J connectivity index is 1.72. The summed E-state index contributed by atoms with van der Waals surface area (Å²) in [5.74, 6) is 0.140. The van der Waals surface area contributed by atoms with E-state index in [1.54, 1.807) is 17.2 Å². The molecule has 0 saturated carbocycles. The molecule has 3 rings (SSSR count). The number of primary amides is 1. The number of hydrogen-bond acceptors (Lipinski definition) is 4. The molecular weight excluding hydrogens is 299 g/mol. The van der Waals surface area contributed by atoms with Gasteiger partial charge >= 0.3 is 6.03 Å². The predicted molar refractivity (Wildman–Crippen MR) is 82.6 cm³/mol. The highest BCUT2D eigenvalue weighted by Gasteiger charge is 2.23. The lowest BCUT2D eigenvalue weighted by molar-refractivity contribution is 0.188. The minimum absolute atomic E-state index is 0.00444. The molecule has 0 radical (unpaired) electrons. The van der Waals surface area contributed by atoms with Gasteiger partial charge in [0, 0.05) is 25.3 Å². The smallest absolute Gasteiger partial charge is 0.315 e. The van der Waals surface area contributed by atoms with Gasteiger partial charge in [0.2, 0.25) is 0 Å². The van der Waals surface area contributed by atoms with Crippen LogP contribution in [0, 0.1) is 5.82 Å². The maximum Gasteiger partial charge on any atom is 0.315 e. The van der Waals surface area contributed by atoms with Crippen LogP contribution < -0.4 is 11.1 Å². The van der Waals surface area contributed by atoms with Crippen molar-refractivity contribution in [3.05, 3.63) is 42.1 Å². The van der Waals surface area contributed by atoms with Gasteiger partial charge in [-0.1, -0.05) is 6.07 Å². The largest absolute Gasteiger partial charge is 0.351 e. The van der Waals surface area contributed by atoms with E-state index >= 15 is 0 Å². The average Bonchev–Trinajstić information content (AvgIpc) is 2.83. The normalized spacial score (nSPS) is 18.7. The summed E-state index contributed by atoms with van der Waals surface area (Å²) in [6.07, 6.45) is 5.68. The van der Waals surface area contributed by atoms with E-state index in [1.165, 1.54) is 10.9 Å². The quantitative estimate of drug-likeness (QED) is 0.871. The second-order valence-electron chi connectivity index (χ2n) is 5.58. The number of halogens is 1. The summed E-state index contributed by atoms with van der Waals surface area (Å²) in [6.45, 7) is 2.24. The Labute approximate surface area is 133 Å². The molecule has 1 aliphatic heterocycles. The zero-order valence-electron chi connectivity index (χ0n) is 12.7. The molecule has 1 atom stereocenters. The fraction of sp³-hybridized carbons (Fsp3) is 0.400. The van der Waals surface area contributed by atoms with E-state index in [9.17, 15) is 9.18 Å². The van der Waals surface area contributed by atoms with Crippen LogP contribution in [0.4, 0.5) is 9.18 Å². The second kappa shape index (κ2) is 6.74. The average molecular weight is 318 g/mol. The number of amides is 2. The number of aromatic nitrogens is 3. The highest BCUT2D eigenvalue weighted by atomic mass is 19.1. The van der Waals surface area contributed by atoms with Crippen LogP contribution in [-0.4, -0.2) is 51.4 Å². The molecule has 0 aliphatic carbocycles. The molecule has 1 fully saturated rings. The molecule has 0 bridgehead atoms. The van der Waals surface area contributed by atoms with Gasteiger partial charge in [-0.2, -0.15) is 5.10 Å². The standard InChI is InChI=1S/C15H19FN6O/c16-12-8-20-22(10-12)14-3-2-11(7-19-14)6-13-9-18-4-1-5-21(13)15(17)23/h2-3,7-8,10,13,18H,1,4-6,9H2,(H2,17,23). The van der Waals surface area contributed by atoms with E-state index in [0.29, 0.717) is 25.3 Å². The summed E-state index contributed by atoms with van der Waals surface area (Å²) in [5.41, 5.74) is 6.47. The number of rotatable bonds is 3. The van der Waals surface area contributed by atoms with Gasteiger partial charge in [0.05, 0.1) is 12.4 Å². The molecule has 2 amide bonds. The van der Waals surface area contributed by atoms with Gasteiger partial charge in [-0.15, -0.1) is 0 Å². The van der Waals surface area contributed by atoms with Crippen molar-refractivity contribution in [2.75, 3.05) is 19.6 Å². The van der Waals surface area contributed by atoms with Gasteiger partial charge in [0.15, 0.2) is 11.6 Å². The molecule has 3 heterocycles. The van der Waals surface area contributed by atoms with Gasteiger partial charge in [-0.3, -0.25) is 0 Å². The Morgan fingerprint density at radius 1 is 1.43 bits per heavy atom. The number of nitrogens with two attached hydrogens (primary N) is 1. The van der Waals surface area contributed by atoms with Crippen LogP contribution in [0.3, 0.4) is 0 Å². The third-order valence-corrected chi connectivity index (χ3v) is 3.92. The molecule has 7 nitrogen and oxygen atoms in total. The summed E-state index contributed by atoms with van der Waals surface area (Å²) in [6, 6.07) is 3.30. The van der Waals surface area contributed by atoms with Crippen LogP contribution in [-0.2, 0) is 6.42 Å².